The van der Waals surface area contributed by atoms with Gasteiger partial charge >= 0.3 is 5.69 Å². The average molecular weight is 287 g/mol. The highest BCUT2D eigenvalue weighted by atomic mass is 16.5. The van der Waals surface area contributed by atoms with Crippen LogP contribution in [0, 0.1) is 6.92 Å². The number of aromatic hydroxyl groups is 1. The van der Waals surface area contributed by atoms with Gasteiger partial charge in [0.05, 0.1) is 21.2 Å². The van der Waals surface area contributed by atoms with Crippen LogP contribution in [-0.4, -0.2) is 16.8 Å². The normalized spacial score (nSPS) is 11.0. The lowest BCUT2D eigenvalue weighted by atomic mass is 10.1. The van der Waals surface area contributed by atoms with Crippen molar-refractivity contribution >= 4 is 12.2 Å². The predicted molar refractivity (Wildman–Crippen MR) is 81.2 cm³/mol. The molecular formula is C16H19N2O3+. The number of aryl methyl sites for hydroxylation is 1. The topological polar surface area (TPSA) is 55.3 Å². The Kier molecular flexibility index (Phi) is 4.12. The van der Waals surface area contributed by atoms with E-state index < -0.39 is 0 Å². The van der Waals surface area contributed by atoms with E-state index in [1.807, 2.05) is 13.0 Å². The summed E-state index contributed by atoms with van der Waals surface area (Å²) in [6, 6.07) is 7.00. The van der Waals surface area contributed by atoms with Gasteiger partial charge < -0.3 is 9.84 Å². The Morgan fingerprint density at radius 3 is 2.62 bits per heavy atom. The molecule has 0 spiro atoms. The third-order valence-corrected chi connectivity index (χ3v) is 3.52. The van der Waals surface area contributed by atoms with Crippen LogP contribution in [0.15, 0.2) is 29.1 Å². The highest BCUT2D eigenvalue weighted by molar-refractivity contribution is 5.70. The summed E-state index contributed by atoms with van der Waals surface area (Å²) in [5, 5.41) is 9.92. The van der Waals surface area contributed by atoms with Gasteiger partial charge in [0.1, 0.15) is 22.9 Å². The minimum atomic E-state index is -0.0893. The molecule has 1 heterocycles. The second-order valence-corrected chi connectivity index (χ2v) is 4.87. The van der Waals surface area contributed by atoms with Gasteiger partial charge in [0.2, 0.25) is 0 Å². The molecule has 21 heavy (non-hydrogen) atoms. The van der Waals surface area contributed by atoms with Crippen LogP contribution in [0.1, 0.15) is 17.0 Å². The zero-order valence-electron chi connectivity index (χ0n) is 12.6. The number of methoxy groups -OCH3 is 1. The van der Waals surface area contributed by atoms with E-state index in [4.69, 9.17) is 4.74 Å². The Hall–Kier alpha value is -2.56. The molecular weight excluding hydrogens is 268 g/mol. The monoisotopic (exact) mass is 287 g/mol. The van der Waals surface area contributed by atoms with Gasteiger partial charge in [-0.15, -0.1) is 0 Å². The van der Waals surface area contributed by atoms with Crippen LogP contribution >= 0.6 is 0 Å². The molecule has 2 rings (SSSR count). The van der Waals surface area contributed by atoms with Crippen molar-refractivity contribution in [3.63, 3.8) is 0 Å². The van der Waals surface area contributed by atoms with Gasteiger partial charge in [-0.3, -0.25) is 0 Å². The Bertz CT molecular complexity index is 761. The molecule has 5 nitrogen and oxygen atoms in total. The first kappa shape index (κ1) is 14.8. The highest BCUT2D eigenvalue weighted by Gasteiger charge is 2.11. The number of ether oxygens (including phenoxy) is 1. The van der Waals surface area contributed by atoms with Crippen molar-refractivity contribution in [1.29, 1.82) is 0 Å². The van der Waals surface area contributed by atoms with Crippen molar-refractivity contribution in [2.24, 2.45) is 14.1 Å². The zero-order valence-corrected chi connectivity index (χ0v) is 12.6. The summed E-state index contributed by atoms with van der Waals surface area (Å²) in [5.74, 6) is 0.730. The van der Waals surface area contributed by atoms with E-state index in [1.165, 1.54) is 0 Å². The average Bonchev–Trinajstić information content (AvgIpc) is 2.48. The largest absolute Gasteiger partial charge is 0.507 e. The second-order valence-electron chi connectivity index (χ2n) is 4.87. The molecule has 0 fully saturated rings. The molecule has 0 amide bonds. The number of phenols is 1. The quantitative estimate of drug-likeness (QED) is 0.868. The molecule has 0 aliphatic rings. The van der Waals surface area contributed by atoms with Gasteiger partial charge in [-0.1, -0.05) is 0 Å². The third-order valence-electron chi connectivity index (χ3n) is 3.52. The Morgan fingerprint density at radius 2 is 2.00 bits per heavy atom. The molecule has 0 atom stereocenters. The zero-order chi connectivity index (χ0) is 15.6. The van der Waals surface area contributed by atoms with Crippen LogP contribution in [0.5, 0.6) is 11.5 Å². The number of nitrogens with zero attached hydrogens (tertiary/aromatic N) is 2. The van der Waals surface area contributed by atoms with E-state index >= 15 is 0 Å². The Balaban J connectivity index is 2.41. The standard InChI is InChI=1S/C16H18N2O3/c1-11-9-13(18(3)16(20)17(11)2)7-5-12-6-8-14(21-4)10-15(12)19/h5-10H,1-4H3/p+1. The molecule has 0 radical (unpaired) electrons. The van der Waals surface area contributed by atoms with Crippen LogP contribution in [0.2, 0.25) is 0 Å². The van der Waals surface area contributed by atoms with E-state index in [9.17, 15) is 9.90 Å². The predicted octanol–water partition coefficient (Wildman–Crippen LogP) is 1.40. The van der Waals surface area contributed by atoms with Gasteiger partial charge in [0.25, 0.3) is 0 Å². The minimum Gasteiger partial charge on any atom is -0.507 e. The van der Waals surface area contributed by atoms with Crippen LogP contribution in [0.4, 0.5) is 0 Å². The minimum absolute atomic E-state index is 0.0893. The lowest BCUT2D eigenvalue weighted by Crippen LogP contribution is -2.53. The molecule has 0 bridgehead atoms. The summed E-state index contributed by atoms with van der Waals surface area (Å²) in [6.07, 6.45) is 3.57. The van der Waals surface area contributed by atoms with Crippen molar-refractivity contribution in [1.82, 2.24) is 4.57 Å². The van der Waals surface area contributed by atoms with Crippen LogP contribution in [-0.2, 0) is 14.1 Å². The molecule has 1 N–H and O–H groups in total. The first-order chi connectivity index (χ1) is 9.93. The van der Waals surface area contributed by atoms with E-state index in [2.05, 4.69) is 0 Å². The van der Waals surface area contributed by atoms with Gasteiger partial charge in [-0.2, -0.15) is 13.9 Å². The third kappa shape index (κ3) is 2.97. The number of aromatic nitrogens is 2. The van der Waals surface area contributed by atoms with Crippen molar-refractivity contribution in [3.8, 4) is 11.5 Å². The fraction of sp³-hybridized carbons (Fsp3) is 0.250. The fourth-order valence-electron chi connectivity index (χ4n) is 2.02. The highest BCUT2D eigenvalue weighted by Crippen LogP contribution is 2.24. The van der Waals surface area contributed by atoms with E-state index in [0.29, 0.717) is 11.3 Å². The lowest BCUT2D eigenvalue weighted by Gasteiger charge is -2.04. The SMILES string of the molecule is COc1ccc(/C=C/c2cc(C)n(C)c(=O)[n+]2C)c(O)c1. The molecule has 110 valence electrons. The molecule has 0 unspecified atom stereocenters. The summed E-state index contributed by atoms with van der Waals surface area (Å²) in [6.45, 7) is 1.88. The number of hydrogen-bond acceptors (Lipinski definition) is 3. The fourth-order valence-corrected chi connectivity index (χ4v) is 2.02. The summed E-state index contributed by atoms with van der Waals surface area (Å²) in [5.41, 5.74) is 2.21. The number of phenolic OH excluding ortho intramolecular Hbond substituents is 1. The Morgan fingerprint density at radius 1 is 1.29 bits per heavy atom. The van der Waals surface area contributed by atoms with Crippen molar-refractivity contribution in [3.05, 3.63) is 51.7 Å². The Labute approximate surface area is 123 Å². The van der Waals surface area contributed by atoms with Gasteiger partial charge in [-0.05, 0) is 31.2 Å². The van der Waals surface area contributed by atoms with Crippen molar-refractivity contribution in [2.45, 2.75) is 6.92 Å². The van der Waals surface area contributed by atoms with E-state index in [1.54, 1.807) is 60.7 Å². The van der Waals surface area contributed by atoms with Crippen LogP contribution in [0.25, 0.3) is 12.2 Å². The first-order valence-corrected chi connectivity index (χ1v) is 6.56. The summed E-state index contributed by atoms with van der Waals surface area (Å²) >= 11 is 0. The van der Waals surface area contributed by atoms with E-state index in [-0.39, 0.29) is 11.4 Å². The number of hydrogen-bond donors (Lipinski definition) is 1. The van der Waals surface area contributed by atoms with Crippen molar-refractivity contribution in [2.75, 3.05) is 7.11 Å². The second kappa shape index (κ2) is 5.83. The van der Waals surface area contributed by atoms with Gasteiger partial charge in [0, 0.05) is 17.7 Å². The molecule has 1 aromatic carbocycles. The molecule has 1 aromatic heterocycles. The first-order valence-electron chi connectivity index (χ1n) is 6.56. The maximum absolute atomic E-state index is 12.0. The molecule has 0 saturated heterocycles. The molecule has 0 aliphatic carbocycles. The summed E-state index contributed by atoms with van der Waals surface area (Å²) < 4.78 is 8.19. The maximum atomic E-state index is 12.0. The smallest absolute Gasteiger partial charge is 0.498 e. The summed E-state index contributed by atoms with van der Waals surface area (Å²) in [7, 11) is 5.00. The summed E-state index contributed by atoms with van der Waals surface area (Å²) in [4.78, 5) is 12.0. The molecule has 5 heteroatoms. The van der Waals surface area contributed by atoms with Crippen LogP contribution in [0.3, 0.4) is 0 Å². The van der Waals surface area contributed by atoms with Gasteiger partial charge in [0.15, 0.2) is 0 Å². The van der Waals surface area contributed by atoms with Gasteiger partial charge in [-0.25, -0.2) is 0 Å². The molecule has 2 aromatic rings. The number of benzene rings is 1. The molecule has 0 aliphatic heterocycles. The van der Waals surface area contributed by atoms with E-state index in [0.717, 1.165) is 11.4 Å². The molecule has 0 saturated carbocycles. The van der Waals surface area contributed by atoms with Crippen molar-refractivity contribution < 1.29 is 14.4 Å². The number of rotatable bonds is 3. The maximum Gasteiger partial charge on any atom is 0.498 e. The van der Waals surface area contributed by atoms with Crippen LogP contribution < -0.4 is 15.0 Å². The lowest BCUT2D eigenvalue weighted by molar-refractivity contribution is -0.692.